The summed E-state index contributed by atoms with van der Waals surface area (Å²) in [6, 6.07) is 0.0603. The predicted molar refractivity (Wildman–Crippen MR) is 83.4 cm³/mol. The van der Waals surface area contributed by atoms with Crippen LogP contribution >= 0.6 is 24.8 Å². The van der Waals surface area contributed by atoms with Gasteiger partial charge in [0.2, 0.25) is 5.91 Å². The Balaban J connectivity index is 0.00000162. The van der Waals surface area contributed by atoms with E-state index >= 15 is 0 Å². The molecule has 1 atom stereocenters. The summed E-state index contributed by atoms with van der Waals surface area (Å²) in [5.41, 5.74) is 0. The van der Waals surface area contributed by atoms with Crippen molar-refractivity contribution in [1.82, 2.24) is 15.5 Å². The predicted octanol–water partition coefficient (Wildman–Crippen LogP) is 1.57. The summed E-state index contributed by atoms with van der Waals surface area (Å²) in [5, 5.41) is 6.34. The lowest BCUT2D eigenvalue weighted by Crippen LogP contribution is -2.48. The molecule has 2 aliphatic rings. The van der Waals surface area contributed by atoms with Gasteiger partial charge in [0.1, 0.15) is 0 Å². The zero-order valence-electron chi connectivity index (χ0n) is 11.5. The summed E-state index contributed by atoms with van der Waals surface area (Å²) in [4.78, 5) is 14.3. The first kappa shape index (κ1) is 19.0. The van der Waals surface area contributed by atoms with Gasteiger partial charge in [-0.05, 0) is 45.3 Å². The number of rotatable bonds is 4. The molecule has 2 aliphatic heterocycles. The average molecular weight is 312 g/mol. The molecule has 0 bridgehead atoms. The lowest BCUT2D eigenvalue weighted by molar-refractivity contribution is -0.123. The van der Waals surface area contributed by atoms with Crippen LogP contribution in [0.25, 0.3) is 0 Å². The molecule has 0 radical (unpaired) electrons. The van der Waals surface area contributed by atoms with Crippen molar-refractivity contribution in [3.63, 3.8) is 0 Å². The van der Waals surface area contributed by atoms with Crippen LogP contribution in [0.15, 0.2) is 0 Å². The second-order valence-corrected chi connectivity index (χ2v) is 5.20. The van der Waals surface area contributed by atoms with Gasteiger partial charge in [0.25, 0.3) is 0 Å². The van der Waals surface area contributed by atoms with Gasteiger partial charge in [0, 0.05) is 13.1 Å². The fourth-order valence-electron chi connectivity index (χ4n) is 2.72. The highest BCUT2D eigenvalue weighted by Crippen LogP contribution is 2.08. The van der Waals surface area contributed by atoms with Crippen molar-refractivity contribution in [1.29, 1.82) is 0 Å². The fourth-order valence-corrected chi connectivity index (χ4v) is 2.72. The third kappa shape index (κ3) is 6.80. The zero-order valence-corrected chi connectivity index (χ0v) is 13.2. The van der Waals surface area contributed by atoms with Gasteiger partial charge in [0.05, 0.1) is 6.04 Å². The van der Waals surface area contributed by atoms with E-state index in [1.54, 1.807) is 0 Å². The Morgan fingerprint density at radius 1 is 1.11 bits per heavy atom. The van der Waals surface area contributed by atoms with Gasteiger partial charge in [-0.3, -0.25) is 4.79 Å². The number of nitrogens with zero attached hydrogens (tertiary/aromatic N) is 1. The van der Waals surface area contributed by atoms with Crippen molar-refractivity contribution in [3.8, 4) is 0 Å². The molecule has 19 heavy (non-hydrogen) atoms. The van der Waals surface area contributed by atoms with Crippen molar-refractivity contribution >= 4 is 30.7 Å². The largest absolute Gasteiger partial charge is 0.353 e. The molecule has 2 fully saturated rings. The van der Waals surface area contributed by atoms with Crippen LogP contribution in [0.2, 0.25) is 0 Å². The van der Waals surface area contributed by atoms with Crippen LogP contribution in [0, 0.1) is 0 Å². The van der Waals surface area contributed by atoms with E-state index in [0.29, 0.717) is 0 Å². The summed E-state index contributed by atoms with van der Waals surface area (Å²) in [6.45, 7) is 5.22. The molecule has 2 saturated heterocycles. The maximum absolute atomic E-state index is 11.8. The first-order valence-electron chi connectivity index (χ1n) is 7.10. The second-order valence-electron chi connectivity index (χ2n) is 5.20. The Hall–Kier alpha value is -0.0300. The van der Waals surface area contributed by atoms with Gasteiger partial charge in [0.15, 0.2) is 0 Å². The molecule has 6 heteroatoms. The molecule has 1 unspecified atom stereocenters. The van der Waals surface area contributed by atoms with E-state index in [1.807, 2.05) is 0 Å². The summed E-state index contributed by atoms with van der Waals surface area (Å²) < 4.78 is 0. The van der Waals surface area contributed by atoms with Gasteiger partial charge in [-0.1, -0.05) is 12.8 Å². The minimum Gasteiger partial charge on any atom is -0.353 e. The molecule has 2 rings (SSSR count). The van der Waals surface area contributed by atoms with Crippen LogP contribution in [0.1, 0.15) is 38.5 Å². The summed E-state index contributed by atoms with van der Waals surface area (Å²) >= 11 is 0. The Morgan fingerprint density at radius 2 is 1.84 bits per heavy atom. The van der Waals surface area contributed by atoms with Gasteiger partial charge in [-0.15, -0.1) is 24.8 Å². The molecule has 4 nitrogen and oxygen atoms in total. The molecular weight excluding hydrogens is 285 g/mol. The van der Waals surface area contributed by atoms with E-state index in [9.17, 15) is 4.79 Å². The number of hydrogen-bond donors (Lipinski definition) is 2. The molecule has 0 aliphatic carbocycles. The molecule has 2 N–H and O–H groups in total. The zero-order chi connectivity index (χ0) is 11.9. The Bertz CT molecular complexity index is 242. The quantitative estimate of drug-likeness (QED) is 0.828. The van der Waals surface area contributed by atoms with Gasteiger partial charge in [-0.2, -0.15) is 0 Å². The highest BCUT2D eigenvalue weighted by Gasteiger charge is 2.20. The molecule has 2 heterocycles. The van der Waals surface area contributed by atoms with E-state index in [2.05, 4.69) is 15.5 Å². The third-order valence-corrected chi connectivity index (χ3v) is 3.80. The van der Waals surface area contributed by atoms with Crippen LogP contribution in [-0.4, -0.2) is 49.6 Å². The maximum Gasteiger partial charge on any atom is 0.237 e. The van der Waals surface area contributed by atoms with Crippen molar-refractivity contribution in [2.75, 3.05) is 32.7 Å². The lowest BCUT2D eigenvalue weighted by atomic mass is 10.0. The summed E-state index contributed by atoms with van der Waals surface area (Å²) in [6.07, 6.45) is 7.38. The summed E-state index contributed by atoms with van der Waals surface area (Å²) in [5.74, 6) is 0.196. The molecule has 114 valence electrons. The normalized spacial score (nSPS) is 23.9. The minimum atomic E-state index is 0. The topological polar surface area (TPSA) is 44.4 Å². The maximum atomic E-state index is 11.8. The van der Waals surface area contributed by atoms with Gasteiger partial charge < -0.3 is 15.5 Å². The molecule has 1 amide bonds. The van der Waals surface area contributed by atoms with E-state index in [1.165, 1.54) is 45.2 Å². The molecule has 0 aromatic carbocycles. The van der Waals surface area contributed by atoms with Gasteiger partial charge in [-0.25, -0.2) is 0 Å². The minimum absolute atomic E-state index is 0. The molecule has 0 saturated carbocycles. The Labute approximate surface area is 128 Å². The van der Waals surface area contributed by atoms with Gasteiger partial charge >= 0.3 is 0 Å². The first-order chi connectivity index (χ1) is 8.36. The SMILES string of the molecule is Cl.Cl.O=C(NCCN1CCCCC1)C1CCCCN1. The van der Waals surface area contributed by atoms with Crippen LogP contribution in [-0.2, 0) is 4.79 Å². The Morgan fingerprint density at radius 3 is 2.47 bits per heavy atom. The first-order valence-corrected chi connectivity index (χ1v) is 7.10. The number of nitrogens with one attached hydrogen (secondary N) is 2. The van der Waals surface area contributed by atoms with E-state index in [-0.39, 0.29) is 36.8 Å². The average Bonchev–Trinajstić information content (AvgIpc) is 2.41. The Kier molecular flexibility index (Phi) is 10.7. The smallest absolute Gasteiger partial charge is 0.237 e. The third-order valence-electron chi connectivity index (χ3n) is 3.80. The molecule has 0 aromatic heterocycles. The number of hydrogen-bond acceptors (Lipinski definition) is 3. The number of carbonyl (C=O) groups excluding carboxylic acids is 1. The van der Waals surface area contributed by atoms with Crippen LogP contribution < -0.4 is 10.6 Å². The van der Waals surface area contributed by atoms with Crippen molar-refractivity contribution < 1.29 is 4.79 Å². The van der Waals surface area contributed by atoms with E-state index in [4.69, 9.17) is 0 Å². The van der Waals surface area contributed by atoms with Crippen molar-refractivity contribution in [3.05, 3.63) is 0 Å². The van der Waals surface area contributed by atoms with Crippen LogP contribution in [0.4, 0.5) is 0 Å². The number of piperidine rings is 2. The molecular formula is C13H27Cl2N3O. The van der Waals surface area contributed by atoms with Crippen molar-refractivity contribution in [2.45, 2.75) is 44.6 Å². The monoisotopic (exact) mass is 311 g/mol. The van der Waals surface area contributed by atoms with Crippen molar-refractivity contribution in [2.24, 2.45) is 0 Å². The number of halogens is 2. The highest BCUT2D eigenvalue weighted by molar-refractivity contribution is 5.85. The number of amides is 1. The van der Waals surface area contributed by atoms with Crippen LogP contribution in [0.5, 0.6) is 0 Å². The van der Waals surface area contributed by atoms with E-state index in [0.717, 1.165) is 26.1 Å². The standard InChI is InChI=1S/C13H25N3O.2ClH/c17-13(12-6-2-3-7-14-12)15-8-11-16-9-4-1-5-10-16;;/h12,14H,1-11H2,(H,15,17);2*1H. The highest BCUT2D eigenvalue weighted by atomic mass is 35.5. The second kappa shape index (κ2) is 10.7. The summed E-state index contributed by atoms with van der Waals surface area (Å²) in [7, 11) is 0. The van der Waals surface area contributed by atoms with E-state index < -0.39 is 0 Å². The molecule has 0 spiro atoms. The molecule has 0 aromatic rings. The van der Waals surface area contributed by atoms with Crippen LogP contribution in [0.3, 0.4) is 0 Å². The fraction of sp³-hybridized carbons (Fsp3) is 0.923. The lowest BCUT2D eigenvalue weighted by Gasteiger charge is -2.27. The number of carbonyl (C=O) groups is 1. The number of likely N-dealkylation sites (tertiary alicyclic amines) is 1.